The Labute approximate surface area is 92.0 Å². The van der Waals surface area contributed by atoms with Crippen molar-refractivity contribution in [3.8, 4) is 17.6 Å². The smallest absolute Gasteiger partial charge is 0.142 e. The molecule has 0 atom stereocenters. The Morgan fingerprint density at radius 3 is 2.80 bits per heavy atom. The summed E-state index contributed by atoms with van der Waals surface area (Å²) in [5.41, 5.74) is 0.253. The SMILES string of the molecule is FCCOc1ccc(C#CCCl)c(F)c1. The highest BCUT2D eigenvalue weighted by atomic mass is 35.5. The number of hydrogen-bond donors (Lipinski definition) is 0. The van der Waals surface area contributed by atoms with Crippen LogP contribution in [-0.2, 0) is 0 Å². The van der Waals surface area contributed by atoms with Crippen LogP contribution < -0.4 is 4.74 Å². The molecule has 15 heavy (non-hydrogen) atoms. The van der Waals surface area contributed by atoms with Gasteiger partial charge in [-0.25, -0.2) is 8.78 Å². The van der Waals surface area contributed by atoms with Gasteiger partial charge in [0.15, 0.2) is 0 Å². The number of hydrogen-bond acceptors (Lipinski definition) is 1. The van der Waals surface area contributed by atoms with Gasteiger partial charge in [-0.05, 0) is 12.1 Å². The van der Waals surface area contributed by atoms with Crippen LogP contribution in [0.5, 0.6) is 5.75 Å². The molecule has 0 aliphatic rings. The normalized spacial score (nSPS) is 9.27. The fourth-order valence-corrected chi connectivity index (χ4v) is 1.04. The lowest BCUT2D eigenvalue weighted by Crippen LogP contribution is -1.99. The quantitative estimate of drug-likeness (QED) is 0.573. The van der Waals surface area contributed by atoms with Crippen molar-refractivity contribution in [1.29, 1.82) is 0 Å². The Hall–Kier alpha value is -1.27. The van der Waals surface area contributed by atoms with Crippen LogP contribution in [0, 0.1) is 17.7 Å². The van der Waals surface area contributed by atoms with Crippen LogP contribution in [0.2, 0.25) is 0 Å². The maximum atomic E-state index is 13.3. The lowest BCUT2D eigenvalue weighted by Gasteiger charge is -2.03. The molecule has 0 saturated heterocycles. The zero-order valence-corrected chi connectivity index (χ0v) is 8.65. The molecule has 4 heteroatoms. The van der Waals surface area contributed by atoms with Gasteiger partial charge >= 0.3 is 0 Å². The second-order valence-electron chi connectivity index (χ2n) is 2.61. The maximum Gasteiger partial charge on any atom is 0.142 e. The van der Waals surface area contributed by atoms with Crippen molar-refractivity contribution in [1.82, 2.24) is 0 Å². The van der Waals surface area contributed by atoms with Gasteiger partial charge in [0.05, 0.1) is 11.4 Å². The minimum absolute atomic E-state index is 0.0772. The van der Waals surface area contributed by atoms with E-state index in [2.05, 4.69) is 11.8 Å². The zero-order valence-electron chi connectivity index (χ0n) is 7.90. The molecule has 1 nitrogen and oxygen atoms in total. The Morgan fingerprint density at radius 2 is 2.20 bits per heavy atom. The number of rotatable bonds is 3. The summed E-state index contributed by atoms with van der Waals surface area (Å²) in [6.07, 6.45) is 0. The molecule has 1 aromatic rings. The van der Waals surface area contributed by atoms with Crippen molar-refractivity contribution in [2.45, 2.75) is 0 Å². The second kappa shape index (κ2) is 6.26. The summed E-state index contributed by atoms with van der Waals surface area (Å²) < 4.78 is 30.0. The Morgan fingerprint density at radius 1 is 1.40 bits per heavy atom. The highest BCUT2D eigenvalue weighted by molar-refractivity contribution is 6.19. The monoisotopic (exact) mass is 230 g/mol. The molecule has 0 saturated carbocycles. The zero-order chi connectivity index (χ0) is 11.1. The summed E-state index contributed by atoms with van der Waals surface area (Å²) in [5.74, 6) is 5.05. The summed E-state index contributed by atoms with van der Waals surface area (Å²) in [6.45, 7) is -0.679. The van der Waals surface area contributed by atoms with Crippen molar-refractivity contribution in [2.75, 3.05) is 19.2 Å². The molecule has 1 rings (SSSR count). The van der Waals surface area contributed by atoms with Gasteiger partial charge in [-0.2, -0.15) is 0 Å². The van der Waals surface area contributed by atoms with Crippen LogP contribution in [0.25, 0.3) is 0 Å². The molecule has 0 bridgehead atoms. The van der Waals surface area contributed by atoms with Gasteiger partial charge in [0.2, 0.25) is 0 Å². The van der Waals surface area contributed by atoms with Gasteiger partial charge in [0.1, 0.15) is 24.8 Å². The van der Waals surface area contributed by atoms with Crippen molar-refractivity contribution < 1.29 is 13.5 Å². The van der Waals surface area contributed by atoms with Gasteiger partial charge in [0, 0.05) is 6.07 Å². The molecule has 0 fully saturated rings. The van der Waals surface area contributed by atoms with E-state index in [-0.39, 0.29) is 18.1 Å². The van der Waals surface area contributed by atoms with Gasteiger partial charge in [0.25, 0.3) is 0 Å². The maximum absolute atomic E-state index is 13.3. The van der Waals surface area contributed by atoms with Crippen LogP contribution in [0.3, 0.4) is 0 Å². The van der Waals surface area contributed by atoms with Gasteiger partial charge in [-0.1, -0.05) is 11.8 Å². The fraction of sp³-hybridized carbons (Fsp3) is 0.273. The average molecular weight is 231 g/mol. The highest BCUT2D eigenvalue weighted by Gasteiger charge is 2.01. The lowest BCUT2D eigenvalue weighted by atomic mass is 10.2. The summed E-state index contributed by atoms with van der Waals surface area (Å²) in [5, 5.41) is 0. The van der Waals surface area contributed by atoms with Crippen LogP contribution in [0.1, 0.15) is 5.56 Å². The molecule has 0 aliphatic carbocycles. The molecule has 0 amide bonds. The third-order valence-corrected chi connectivity index (χ3v) is 1.71. The standard InChI is InChI=1S/C11H9ClF2O/c12-5-1-2-9-3-4-10(8-11(9)14)15-7-6-13/h3-4,8H,5-7H2. The number of ether oxygens (including phenoxy) is 1. The summed E-state index contributed by atoms with van der Waals surface area (Å²) in [6, 6.07) is 4.19. The van der Waals surface area contributed by atoms with Crippen molar-refractivity contribution in [3.63, 3.8) is 0 Å². The predicted octanol–water partition coefficient (Wildman–Crippen LogP) is 2.76. The molecule has 1 aromatic carbocycles. The second-order valence-corrected chi connectivity index (χ2v) is 2.88. The topological polar surface area (TPSA) is 9.23 Å². The third-order valence-electron chi connectivity index (χ3n) is 1.58. The molecule has 0 N–H and O–H groups in total. The first-order chi connectivity index (χ1) is 7.27. The van der Waals surface area contributed by atoms with E-state index >= 15 is 0 Å². The van der Waals surface area contributed by atoms with E-state index in [9.17, 15) is 8.78 Å². The van der Waals surface area contributed by atoms with Crippen LogP contribution in [0.4, 0.5) is 8.78 Å². The van der Waals surface area contributed by atoms with Gasteiger partial charge in [-0.15, -0.1) is 11.6 Å². The minimum atomic E-state index is -0.602. The molecular formula is C11H9ClF2O. The Bertz CT molecular complexity index is 382. The molecule has 0 unspecified atom stereocenters. The van der Waals surface area contributed by atoms with E-state index in [0.29, 0.717) is 5.75 Å². The van der Waals surface area contributed by atoms with Crippen molar-refractivity contribution >= 4 is 11.6 Å². The van der Waals surface area contributed by atoms with E-state index < -0.39 is 12.5 Å². The van der Waals surface area contributed by atoms with E-state index in [4.69, 9.17) is 16.3 Å². The average Bonchev–Trinajstić information content (AvgIpc) is 2.25. The number of benzene rings is 1. The largest absolute Gasteiger partial charge is 0.491 e. The third kappa shape index (κ3) is 3.77. The highest BCUT2D eigenvalue weighted by Crippen LogP contribution is 2.15. The summed E-state index contributed by atoms with van der Waals surface area (Å²) in [7, 11) is 0. The molecule has 80 valence electrons. The van der Waals surface area contributed by atoms with Gasteiger partial charge < -0.3 is 4.74 Å². The first-order valence-electron chi connectivity index (χ1n) is 4.31. The Balaban J connectivity index is 2.78. The van der Waals surface area contributed by atoms with E-state index in [1.54, 1.807) is 0 Å². The molecule has 0 aliphatic heterocycles. The van der Waals surface area contributed by atoms with Gasteiger partial charge in [-0.3, -0.25) is 0 Å². The Kier molecular flexibility index (Phi) is 4.92. The molecular weight excluding hydrogens is 222 g/mol. The predicted molar refractivity (Wildman–Crippen MR) is 55.5 cm³/mol. The van der Waals surface area contributed by atoms with Crippen LogP contribution in [0.15, 0.2) is 18.2 Å². The van der Waals surface area contributed by atoms with Crippen molar-refractivity contribution in [3.05, 3.63) is 29.6 Å². The molecule has 0 radical (unpaired) electrons. The number of alkyl halides is 2. The minimum Gasteiger partial charge on any atom is -0.491 e. The van der Waals surface area contributed by atoms with E-state index in [1.807, 2.05) is 0 Å². The van der Waals surface area contributed by atoms with E-state index in [0.717, 1.165) is 0 Å². The summed E-state index contributed by atoms with van der Waals surface area (Å²) >= 11 is 5.34. The first kappa shape index (κ1) is 11.8. The molecule has 0 heterocycles. The lowest BCUT2D eigenvalue weighted by molar-refractivity contribution is 0.272. The molecule has 0 aromatic heterocycles. The summed E-state index contributed by atoms with van der Waals surface area (Å²) in [4.78, 5) is 0. The van der Waals surface area contributed by atoms with E-state index in [1.165, 1.54) is 18.2 Å². The fourth-order valence-electron chi connectivity index (χ4n) is 0.972. The first-order valence-corrected chi connectivity index (χ1v) is 4.84. The van der Waals surface area contributed by atoms with Crippen molar-refractivity contribution in [2.24, 2.45) is 0 Å². The molecule has 0 spiro atoms. The van der Waals surface area contributed by atoms with Crippen LogP contribution >= 0.6 is 11.6 Å². The van der Waals surface area contributed by atoms with Crippen LogP contribution in [-0.4, -0.2) is 19.2 Å². The number of halogens is 3.